The average molecular weight is 331 g/mol. The first-order chi connectivity index (χ1) is 12.2. The number of amides is 1. The molecule has 4 rings (SSSR count). The summed E-state index contributed by atoms with van der Waals surface area (Å²) in [4.78, 5) is 28.8. The predicted molar refractivity (Wildman–Crippen MR) is 94.5 cm³/mol. The molecule has 124 valence electrons. The molecule has 0 saturated carbocycles. The molecule has 0 unspecified atom stereocenters. The van der Waals surface area contributed by atoms with Crippen LogP contribution < -0.4 is 5.32 Å². The van der Waals surface area contributed by atoms with Crippen LogP contribution in [-0.4, -0.2) is 27.8 Å². The highest BCUT2D eigenvalue weighted by Crippen LogP contribution is 2.36. The lowest BCUT2D eigenvalue weighted by molar-refractivity contribution is 0.0952. The summed E-state index contributed by atoms with van der Waals surface area (Å²) in [5.41, 5.74) is 3.66. The van der Waals surface area contributed by atoms with E-state index in [4.69, 9.17) is 0 Å². The smallest absolute Gasteiger partial charge is 0.251 e. The van der Waals surface area contributed by atoms with E-state index in [9.17, 15) is 9.59 Å². The number of fused-ring (bicyclic) bond motifs is 3. The molecule has 1 heterocycles. The highest BCUT2D eigenvalue weighted by atomic mass is 16.1. The number of benzene rings is 2. The maximum atomic E-state index is 12.5. The number of aryl methyl sites for hydroxylation is 1. The first-order valence-electron chi connectivity index (χ1n) is 8.26. The topological polar surface area (TPSA) is 64.0 Å². The first-order valence-corrected chi connectivity index (χ1v) is 8.26. The molecule has 5 nitrogen and oxygen atoms in total. The van der Waals surface area contributed by atoms with Crippen molar-refractivity contribution >= 4 is 11.7 Å². The van der Waals surface area contributed by atoms with Gasteiger partial charge in [-0.15, -0.1) is 0 Å². The highest BCUT2D eigenvalue weighted by Gasteiger charge is 2.26. The van der Waals surface area contributed by atoms with E-state index < -0.39 is 0 Å². The van der Waals surface area contributed by atoms with Gasteiger partial charge in [-0.25, -0.2) is 4.98 Å². The Kier molecular flexibility index (Phi) is 3.90. The molecule has 1 aliphatic rings. The standard InChI is InChI=1S/C20H17N3O2/c24-19-17-5-2-1-4-15(17)16-7-6-14(12-18(16)19)20(25)22-8-3-10-23-11-9-21-13-23/h1-2,4-7,9,11-13H,3,8,10H2,(H,22,25). The molecule has 1 N–H and O–H groups in total. The molecule has 5 heteroatoms. The van der Waals surface area contributed by atoms with Crippen LogP contribution in [0.2, 0.25) is 0 Å². The van der Waals surface area contributed by atoms with Gasteiger partial charge in [-0.05, 0) is 29.7 Å². The van der Waals surface area contributed by atoms with E-state index in [1.54, 1.807) is 24.7 Å². The van der Waals surface area contributed by atoms with E-state index in [1.165, 1.54) is 0 Å². The van der Waals surface area contributed by atoms with Gasteiger partial charge in [-0.1, -0.05) is 30.3 Å². The number of ketones is 1. The lowest BCUT2D eigenvalue weighted by Gasteiger charge is -2.07. The van der Waals surface area contributed by atoms with Crippen LogP contribution in [-0.2, 0) is 6.54 Å². The predicted octanol–water partition coefficient (Wildman–Crippen LogP) is 2.91. The van der Waals surface area contributed by atoms with E-state index in [0.717, 1.165) is 24.1 Å². The van der Waals surface area contributed by atoms with Crippen LogP contribution in [0.3, 0.4) is 0 Å². The van der Waals surface area contributed by atoms with Crippen LogP contribution >= 0.6 is 0 Å². The van der Waals surface area contributed by atoms with Crippen LogP contribution in [0.25, 0.3) is 11.1 Å². The summed E-state index contributed by atoms with van der Waals surface area (Å²) in [6, 6.07) is 12.9. The van der Waals surface area contributed by atoms with Gasteiger partial charge >= 0.3 is 0 Å². The SMILES string of the molecule is O=C(NCCCn1ccnc1)c1ccc2c(c1)C(=O)c1ccccc1-2. The Morgan fingerprint density at radius 2 is 1.84 bits per heavy atom. The van der Waals surface area contributed by atoms with E-state index in [0.29, 0.717) is 23.2 Å². The third-order valence-electron chi connectivity index (χ3n) is 4.43. The molecule has 1 amide bonds. The van der Waals surface area contributed by atoms with Crippen molar-refractivity contribution in [3.8, 4) is 11.1 Å². The molecular weight excluding hydrogens is 314 g/mol. The van der Waals surface area contributed by atoms with Crippen molar-refractivity contribution in [2.24, 2.45) is 0 Å². The summed E-state index contributed by atoms with van der Waals surface area (Å²) >= 11 is 0. The molecule has 0 bridgehead atoms. The van der Waals surface area contributed by atoms with Crippen LogP contribution in [0.1, 0.15) is 32.7 Å². The average Bonchev–Trinajstić information content (AvgIpc) is 3.26. The van der Waals surface area contributed by atoms with Crippen molar-refractivity contribution in [3.63, 3.8) is 0 Å². The Labute approximate surface area is 145 Å². The molecule has 2 aromatic carbocycles. The molecule has 0 atom stereocenters. The second-order valence-corrected chi connectivity index (χ2v) is 6.05. The number of carbonyl (C=O) groups is 2. The molecule has 25 heavy (non-hydrogen) atoms. The molecular formula is C20H17N3O2. The fourth-order valence-corrected chi connectivity index (χ4v) is 3.15. The Morgan fingerprint density at radius 1 is 1.04 bits per heavy atom. The zero-order valence-corrected chi connectivity index (χ0v) is 13.6. The van der Waals surface area contributed by atoms with Crippen molar-refractivity contribution in [2.75, 3.05) is 6.54 Å². The monoisotopic (exact) mass is 331 g/mol. The number of carbonyl (C=O) groups excluding carboxylic acids is 2. The van der Waals surface area contributed by atoms with Gasteiger partial charge in [-0.3, -0.25) is 9.59 Å². The Hall–Kier alpha value is -3.21. The van der Waals surface area contributed by atoms with Gasteiger partial charge in [-0.2, -0.15) is 0 Å². The van der Waals surface area contributed by atoms with E-state index in [1.807, 2.05) is 41.1 Å². The Morgan fingerprint density at radius 3 is 2.64 bits per heavy atom. The lowest BCUT2D eigenvalue weighted by atomic mass is 10.0. The number of rotatable bonds is 5. The quantitative estimate of drug-likeness (QED) is 0.572. The number of aromatic nitrogens is 2. The molecule has 0 spiro atoms. The van der Waals surface area contributed by atoms with Gasteiger partial charge in [0, 0.05) is 42.2 Å². The van der Waals surface area contributed by atoms with Gasteiger partial charge in [0.1, 0.15) is 0 Å². The number of imidazole rings is 1. The van der Waals surface area contributed by atoms with Gasteiger partial charge in [0.25, 0.3) is 5.91 Å². The summed E-state index contributed by atoms with van der Waals surface area (Å²) in [6.45, 7) is 1.38. The summed E-state index contributed by atoms with van der Waals surface area (Å²) in [7, 11) is 0. The number of nitrogens with zero attached hydrogens (tertiary/aromatic N) is 2. The molecule has 0 saturated heterocycles. The number of nitrogens with one attached hydrogen (secondary N) is 1. The van der Waals surface area contributed by atoms with Crippen LogP contribution in [0, 0.1) is 0 Å². The summed E-state index contributed by atoms with van der Waals surface area (Å²) in [5, 5.41) is 2.90. The maximum absolute atomic E-state index is 12.5. The van der Waals surface area contributed by atoms with Gasteiger partial charge < -0.3 is 9.88 Å². The largest absolute Gasteiger partial charge is 0.352 e. The molecule has 1 aliphatic carbocycles. The molecule has 0 aliphatic heterocycles. The molecule has 1 aromatic heterocycles. The second kappa shape index (κ2) is 6.36. The molecule has 0 radical (unpaired) electrons. The zero-order valence-electron chi connectivity index (χ0n) is 13.6. The maximum Gasteiger partial charge on any atom is 0.251 e. The first kappa shape index (κ1) is 15.3. The van der Waals surface area contributed by atoms with Crippen LogP contribution in [0.4, 0.5) is 0 Å². The van der Waals surface area contributed by atoms with Gasteiger partial charge in [0.05, 0.1) is 6.33 Å². The van der Waals surface area contributed by atoms with Crippen LogP contribution in [0.5, 0.6) is 0 Å². The van der Waals surface area contributed by atoms with Crippen molar-refractivity contribution in [2.45, 2.75) is 13.0 Å². The van der Waals surface area contributed by atoms with E-state index in [2.05, 4.69) is 10.3 Å². The summed E-state index contributed by atoms with van der Waals surface area (Å²) < 4.78 is 1.97. The summed E-state index contributed by atoms with van der Waals surface area (Å²) in [6.07, 6.45) is 6.20. The minimum atomic E-state index is -0.155. The molecule has 0 fully saturated rings. The normalized spacial score (nSPS) is 11.9. The van der Waals surface area contributed by atoms with Crippen molar-refractivity contribution < 1.29 is 9.59 Å². The zero-order chi connectivity index (χ0) is 17.2. The minimum absolute atomic E-state index is 0.0136. The third-order valence-corrected chi connectivity index (χ3v) is 4.43. The van der Waals surface area contributed by atoms with Crippen LogP contribution in [0.15, 0.2) is 61.2 Å². The Bertz CT molecular complexity index is 945. The number of hydrogen-bond donors (Lipinski definition) is 1. The lowest BCUT2D eigenvalue weighted by Crippen LogP contribution is -2.25. The van der Waals surface area contributed by atoms with E-state index >= 15 is 0 Å². The number of hydrogen-bond acceptors (Lipinski definition) is 3. The third kappa shape index (κ3) is 2.85. The van der Waals surface area contributed by atoms with Gasteiger partial charge in [0.2, 0.25) is 0 Å². The highest BCUT2D eigenvalue weighted by molar-refractivity contribution is 6.22. The Balaban J connectivity index is 1.44. The summed E-state index contributed by atoms with van der Waals surface area (Å²) in [5.74, 6) is -0.169. The fourth-order valence-electron chi connectivity index (χ4n) is 3.15. The second-order valence-electron chi connectivity index (χ2n) is 6.05. The minimum Gasteiger partial charge on any atom is -0.352 e. The van der Waals surface area contributed by atoms with Crippen molar-refractivity contribution in [3.05, 3.63) is 77.9 Å². The molecule has 3 aromatic rings. The van der Waals surface area contributed by atoms with Gasteiger partial charge in [0.15, 0.2) is 5.78 Å². The fraction of sp³-hybridized carbons (Fsp3) is 0.150. The van der Waals surface area contributed by atoms with Crippen molar-refractivity contribution in [1.29, 1.82) is 0 Å². The van der Waals surface area contributed by atoms with E-state index in [-0.39, 0.29) is 11.7 Å². The van der Waals surface area contributed by atoms with Crippen molar-refractivity contribution in [1.82, 2.24) is 14.9 Å².